The maximum absolute atomic E-state index is 12.4. The first kappa shape index (κ1) is 14.4. The van der Waals surface area contributed by atoms with Crippen molar-refractivity contribution in [2.45, 2.75) is 13.8 Å². The Hall–Kier alpha value is -2.03. The van der Waals surface area contributed by atoms with Crippen molar-refractivity contribution in [3.8, 4) is 5.75 Å². The van der Waals surface area contributed by atoms with Crippen molar-refractivity contribution < 1.29 is 18.8 Å². The number of carbonyl (C=O) groups excluding carboxylic acids is 1. The molecule has 1 atom stereocenters. The summed E-state index contributed by atoms with van der Waals surface area (Å²) in [6, 6.07) is 12.3. The molecule has 4 nitrogen and oxygen atoms in total. The summed E-state index contributed by atoms with van der Waals surface area (Å²) in [4.78, 5) is 21.3. The van der Waals surface area contributed by atoms with Gasteiger partial charge in [0.2, 0.25) is 0 Å². The predicted molar refractivity (Wildman–Crippen MR) is 76.2 cm³/mol. The van der Waals surface area contributed by atoms with Crippen LogP contribution in [0.4, 0.5) is 0 Å². The first-order valence-electron chi connectivity index (χ1n) is 6.04. The van der Waals surface area contributed by atoms with Gasteiger partial charge in [-0.2, -0.15) is 0 Å². The van der Waals surface area contributed by atoms with Gasteiger partial charge in [-0.05, 0) is 19.4 Å². The molecule has 0 aliphatic rings. The van der Waals surface area contributed by atoms with Gasteiger partial charge in [0.15, 0.2) is 11.5 Å². The fraction of sp³-hybridized carbons (Fsp3) is 0.133. The van der Waals surface area contributed by atoms with Crippen LogP contribution in [0.15, 0.2) is 42.5 Å². The summed E-state index contributed by atoms with van der Waals surface area (Å²) in [5.41, 5.74) is 2.31. The summed E-state index contributed by atoms with van der Waals surface area (Å²) >= 11 is 0. The molecule has 5 heteroatoms. The van der Waals surface area contributed by atoms with E-state index < -0.39 is 8.25 Å². The van der Waals surface area contributed by atoms with Gasteiger partial charge in [0, 0.05) is 21.3 Å². The topological polar surface area (TPSA) is 63.6 Å². The van der Waals surface area contributed by atoms with Crippen LogP contribution < -0.4 is 4.52 Å². The molecule has 0 bridgehead atoms. The summed E-state index contributed by atoms with van der Waals surface area (Å²) < 4.78 is 15.8. The Bertz CT molecular complexity index is 665. The van der Waals surface area contributed by atoms with Crippen molar-refractivity contribution in [1.82, 2.24) is 0 Å². The van der Waals surface area contributed by atoms with E-state index in [1.165, 1.54) is 0 Å². The number of benzene rings is 2. The molecular formula is C15H14O4P+. The number of hydrogen-bond donors (Lipinski definition) is 1. The third kappa shape index (κ3) is 2.93. The van der Waals surface area contributed by atoms with E-state index in [1.54, 1.807) is 50.2 Å². The van der Waals surface area contributed by atoms with Crippen molar-refractivity contribution in [3.63, 3.8) is 0 Å². The Balaban J connectivity index is 2.48. The van der Waals surface area contributed by atoms with Crippen LogP contribution in [0, 0.1) is 13.8 Å². The van der Waals surface area contributed by atoms with Gasteiger partial charge < -0.3 is 0 Å². The minimum atomic E-state index is -2.76. The molecule has 0 aliphatic heterocycles. The van der Waals surface area contributed by atoms with Gasteiger partial charge in [-0.25, -0.2) is 4.52 Å². The van der Waals surface area contributed by atoms with Gasteiger partial charge in [-0.1, -0.05) is 42.5 Å². The van der Waals surface area contributed by atoms with Crippen molar-refractivity contribution in [2.75, 3.05) is 0 Å². The number of aryl methyl sites for hydroxylation is 1. The molecule has 0 saturated heterocycles. The zero-order chi connectivity index (χ0) is 14.7. The monoisotopic (exact) mass is 289 g/mol. The lowest BCUT2D eigenvalue weighted by atomic mass is 9.97. The van der Waals surface area contributed by atoms with Gasteiger partial charge in [0.25, 0.3) is 0 Å². The third-order valence-electron chi connectivity index (χ3n) is 3.05. The van der Waals surface area contributed by atoms with Crippen molar-refractivity contribution in [3.05, 3.63) is 64.7 Å². The Morgan fingerprint density at radius 1 is 1.10 bits per heavy atom. The first-order valence-corrected chi connectivity index (χ1v) is 7.18. The Morgan fingerprint density at radius 2 is 1.75 bits per heavy atom. The molecule has 0 radical (unpaired) electrons. The van der Waals surface area contributed by atoms with Crippen LogP contribution in [0.2, 0.25) is 0 Å². The molecule has 20 heavy (non-hydrogen) atoms. The second kappa shape index (κ2) is 5.95. The molecule has 0 aliphatic carbocycles. The van der Waals surface area contributed by atoms with E-state index in [2.05, 4.69) is 0 Å². The van der Waals surface area contributed by atoms with Crippen LogP contribution in [-0.2, 0) is 4.57 Å². The van der Waals surface area contributed by atoms with E-state index in [0.29, 0.717) is 22.3 Å². The van der Waals surface area contributed by atoms with Crippen LogP contribution in [0.5, 0.6) is 5.75 Å². The quantitative estimate of drug-likeness (QED) is 0.690. The molecule has 0 spiro atoms. The SMILES string of the molecule is Cc1ccc(C(=O)c2ccccc2)c(C)c1O[P+](=O)O. The summed E-state index contributed by atoms with van der Waals surface area (Å²) in [5, 5.41) is 0. The average Bonchev–Trinajstić information content (AvgIpc) is 2.43. The molecule has 0 aromatic heterocycles. The largest absolute Gasteiger partial charge is 0.747 e. The Kier molecular flexibility index (Phi) is 4.28. The van der Waals surface area contributed by atoms with Crippen LogP contribution in [0.25, 0.3) is 0 Å². The number of carbonyl (C=O) groups is 1. The molecule has 1 unspecified atom stereocenters. The second-order valence-electron chi connectivity index (χ2n) is 4.41. The highest BCUT2D eigenvalue weighted by Gasteiger charge is 2.22. The standard InChI is InChI=1S/C15H13O4P/c1-10-8-9-13(11(2)15(10)19-20(17)18)14(16)12-6-4-3-5-7-12/h3-9H,1-2H3/p+1. The Morgan fingerprint density at radius 3 is 2.35 bits per heavy atom. The van der Waals surface area contributed by atoms with E-state index >= 15 is 0 Å². The maximum Gasteiger partial charge on any atom is 0.747 e. The second-order valence-corrected chi connectivity index (χ2v) is 5.07. The average molecular weight is 289 g/mol. The van der Waals surface area contributed by atoms with Crippen molar-refractivity contribution in [1.29, 1.82) is 0 Å². The van der Waals surface area contributed by atoms with Gasteiger partial charge >= 0.3 is 8.25 Å². The molecule has 2 aromatic carbocycles. The fourth-order valence-electron chi connectivity index (χ4n) is 2.04. The van der Waals surface area contributed by atoms with Gasteiger partial charge in [-0.3, -0.25) is 4.79 Å². The van der Waals surface area contributed by atoms with Gasteiger partial charge in [0.05, 0.1) is 0 Å². The molecule has 0 fully saturated rings. The molecular weight excluding hydrogens is 275 g/mol. The summed E-state index contributed by atoms with van der Waals surface area (Å²) in [7, 11) is -2.76. The van der Waals surface area contributed by atoms with Crippen molar-refractivity contribution >= 4 is 14.0 Å². The molecule has 2 rings (SSSR count). The summed E-state index contributed by atoms with van der Waals surface area (Å²) in [5.74, 6) is 0.150. The lowest BCUT2D eigenvalue weighted by molar-refractivity contribution is 0.103. The summed E-state index contributed by atoms with van der Waals surface area (Å²) in [6.07, 6.45) is 0. The molecule has 1 N–H and O–H groups in total. The van der Waals surface area contributed by atoms with Crippen molar-refractivity contribution in [2.24, 2.45) is 0 Å². The smallest absolute Gasteiger partial charge is 0.289 e. The number of ketones is 1. The third-order valence-corrected chi connectivity index (χ3v) is 3.39. The fourth-order valence-corrected chi connectivity index (χ4v) is 2.47. The van der Waals surface area contributed by atoms with Crippen LogP contribution in [0.3, 0.4) is 0 Å². The van der Waals surface area contributed by atoms with Crippen LogP contribution in [0.1, 0.15) is 27.0 Å². The maximum atomic E-state index is 12.4. The molecule has 0 amide bonds. The highest BCUT2D eigenvalue weighted by Crippen LogP contribution is 2.33. The molecule has 0 heterocycles. The molecule has 0 saturated carbocycles. The predicted octanol–water partition coefficient (Wildman–Crippen LogP) is 3.56. The normalized spacial score (nSPS) is 11.1. The highest BCUT2D eigenvalue weighted by molar-refractivity contribution is 7.32. The lowest BCUT2D eigenvalue weighted by Gasteiger charge is -2.09. The van der Waals surface area contributed by atoms with Crippen LogP contribution >= 0.6 is 8.25 Å². The lowest BCUT2D eigenvalue weighted by Crippen LogP contribution is -2.05. The minimum absolute atomic E-state index is 0.138. The minimum Gasteiger partial charge on any atom is -0.289 e. The molecule has 2 aromatic rings. The van der Waals surface area contributed by atoms with E-state index in [-0.39, 0.29) is 11.5 Å². The number of hydrogen-bond acceptors (Lipinski definition) is 3. The van der Waals surface area contributed by atoms with E-state index in [1.807, 2.05) is 6.07 Å². The molecule has 102 valence electrons. The zero-order valence-corrected chi connectivity index (χ0v) is 12.1. The van der Waals surface area contributed by atoms with Crippen LogP contribution in [-0.4, -0.2) is 10.7 Å². The van der Waals surface area contributed by atoms with Gasteiger partial charge in [0.1, 0.15) is 0 Å². The first-order chi connectivity index (χ1) is 9.50. The van der Waals surface area contributed by atoms with E-state index in [9.17, 15) is 9.36 Å². The van der Waals surface area contributed by atoms with E-state index in [4.69, 9.17) is 9.42 Å². The highest BCUT2D eigenvalue weighted by atomic mass is 31.1. The zero-order valence-electron chi connectivity index (χ0n) is 11.2. The van der Waals surface area contributed by atoms with Gasteiger partial charge in [-0.15, -0.1) is 4.89 Å². The summed E-state index contributed by atoms with van der Waals surface area (Å²) in [6.45, 7) is 3.47. The Labute approximate surface area is 118 Å². The number of rotatable bonds is 4. The van der Waals surface area contributed by atoms with E-state index in [0.717, 1.165) is 0 Å².